The zero-order chi connectivity index (χ0) is 15.6. The van der Waals surface area contributed by atoms with Crippen molar-refractivity contribution in [2.75, 3.05) is 14.1 Å². The number of aromatic amines is 1. The van der Waals surface area contributed by atoms with Gasteiger partial charge in [-0.1, -0.05) is 18.2 Å². The van der Waals surface area contributed by atoms with E-state index in [1.165, 1.54) is 17.9 Å². The Labute approximate surface area is 121 Å². The molecule has 2 aromatic rings. The van der Waals surface area contributed by atoms with Crippen LogP contribution >= 0.6 is 0 Å². The van der Waals surface area contributed by atoms with E-state index in [4.69, 9.17) is 4.74 Å². The van der Waals surface area contributed by atoms with Crippen LogP contribution < -0.4 is 5.56 Å². The van der Waals surface area contributed by atoms with E-state index in [1.54, 1.807) is 38.4 Å². The number of likely N-dealkylation sites (N-methyl/N-ethyl adjacent to an activating group) is 1. The quantitative estimate of drug-likeness (QED) is 0.860. The molecule has 1 atom stereocenters. The Balaban J connectivity index is 2.36. The van der Waals surface area contributed by atoms with Crippen LogP contribution in [-0.2, 0) is 9.53 Å². The van der Waals surface area contributed by atoms with Crippen LogP contribution in [0.1, 0.15) is 17.3 Å². The Bertz CT molecular complexity index is 749. The summed E-state index contributed by atoms with van der Waals surface area (Å²) in [7, 11) is 3.16. The molecular formula is C15H16N2O4. The second kappa shape index (κ2) is 5.78. The molecule has 21 heavy (non-hydrogen) atoms. The molecule has 1 amide bonds. The van der Waals surface area contributed by atoms with Crippen LogP contribution in [0.3, 0.4) is 0 Å². The lowest BCUT2D eigenvalue weighted by Crippen LogP contribution is -2.35. The van der Waals surface area contributed by atoms with Crippen LogP contribution in [-0.4, -0.2) is 42.0 Å². The summed E-state index contributed by atoms with van der Waals surface area (Å²) in [6.45, 7) is 1.50. The summed E-state index contributed by atoms with van der Waals surface area (Å²) < 4.78 is 5.14. The Kier molecular flexibility index (Phi) is 4.07. The first kappa shape index (κ1) is 14.8. The van der Waals surface area contributed by atoms with Gasteiger partial charge >= 0.3 is 5.97 Å². The van der Waals surface area contributed by atoms with Gasteiger partial charge in [0.15, 0.2) is 6.10 Å². The third kappa shape index (κ3) is 3.10. The largest absolute Gasteiger partial charge is 0.449 e. The zero-order valence-corrected chi connectivity index (χ0v) is 12.0. The van der Waals surface area contributed by atoms with Crippen molar-refractivity contribution in [2.24, 2.45) is 0 Å². The van der Waals surface area contributed by atoms with Gasteiger partial charge in [0.1, 0.15) is 0 Å². The number of H-pyrrole nitrogens is 1. The number of benzene rings is 1. The smallest absolute Gasteiger partial charge is 0.339 e. The van der Waals surface area contributed by atoms with Gasteiger partial charge in [0, 0.05) is 31.1 Å². The molecular weight excluding hydrogens is 272 g/mol. The molecule has 1 N–H and O–H groups in total. The highest BCUT2D eigenvalue weighted by Gasteiger charge is 2.21. The van der Waals surface area contributed by atoms with Crippen LogP contribution in [0.25, 0.3) is 10.9 Å². The predicted octanol–water partition coefficient (Wildman–Crippen LogP) is 1.16. The highest BCUT2D eigenvalue weighted by molar-refractivity contribution is 6.03. The van der Waals surface area contributed by atoms with Crippen molar-refractivity contribution >= 4 is 22.8 Å². The lowest BCUT2D eigenvalue weighted by Gasteiger charge is -2.17. The van der Waals surface area contributed by atoms with Crippen molar-refractivity contribution in [1.82, 2.24) is 9.88 Å². The normalized spacial score (nSPS) is 12.0. The number of fused-ring (bicyclic) bond motifs is 1. The van der Waals surface area contributed by atoms with Crippen molar-refractivity contribution in [3.8, 4) is 0 Å². The minimum atomic E-state index is -0.912. The van der Waals surface area contributed by atoms with Crippen LogP contribution in [0.15, 0.2) is 35.1 Å². The van der Waals surface area contributed by atoms with Gasteiger partial charge in [0.05, 0.1) is 5.56 Å². The van der Waals surface area contributed by atoms with Crippen molar-refractivity contribution in [2.45, 2.75) is 13.0 Å². The molecule has 6 heteroatoms. The fraction of sp³-hybridized carbons (Fsp3) is 0.267. The highest BCUT2D eigenvalue weighted by atomic mass is 16.5. The van der Waals surface area contributed by atoms with Gasteiger partial charge < -0.3 is 14.6 Å². The van der Waals surface area contributed by atoms with Gasteiger partial charge in [0.25, 0.3) is 5.91 Å². The van der Waals surface area contributed by atoms with E-state index in [0.717, 1.165) is 0 Å². The Morgan fingerprint density at radius 1 is 1.24 bits per heavy atom. The number of hydrogen-bond donors (Lipinski definition) is 1. The zero-order valence-electron chi connectivity index (χ0n) is 12.0. The number of pyridine rings is 1. The standard InChI is InChI=1S/C15H16N2O4/c1-9(14(19)17(2)3)21-15(20)11-8-13(18)16-12-7-5-4-6-10(11)12/h4-9H,1-3H3,(H,16,18)/t9-/m0/s1. The van der Waals surface area contributed by atoms with Crippen molar-refractivity contribution in [3.05, 3.63) is 46.2 Å². The first-order valence-electron chi connectivity index (χ1n) is 6.44. The van der Waals surface area contributed by atoms with Crippen molar-refractivity contribution < 1.29 is 14.3 Å². The molecule has 0 bridgehead atoms. The molecule has 0 saturated heterocycles. The van der Waals surface area contributed by atoms with Crippen LogP contribution in [0.2, 0.25) is 0 Å². The molecule has 1 aromatic carbocycles. The molecule has 0 aliphatic heterocycles. The molecule has 0 spiro atoms. The maximum absolute atomic E-state index is 12.2. The molecule has 0 aliphatic carbocycles. The molecule has 2 rings (SSSR count). The fourth-order valence-corrected chi connectivity index (χ4v) is 2.01. The Morgan fingerprint density at radius 2 is 1.90 bits per heavy atom. The monoisotopic (exact) mass is 288 g/mol. The molecule has 1 heterocycles. The Morgan fingerprint density at radius 3 is 2.57 bits per heavy atom. The van der Waals surface area contributed by atoms with Gasteiger partial charge in [-0.25, -0.2) is 4.79 Å². The maximum atomic E-state index is 12.2. The number of ether oxygens (including phenoxy) is 1. The summed E-state index contributed by atoms with van der Waals surface area (Å²) in [6.07, 6.45) is -0.912. The molecule has 0 aliphatic rings. The van der Waals surface area contributed by atoms with E-state index >= 15 is 0 Å². The van der Waals surface area contributed by atoms with Crippen molar-refractivity contribution in [1.29, 1.82) is 0 Å². The summed E-state index contributed by atoms with van der Waals surface area (Å²) >= 11 is 0. The number of esters is 1. The van der Waals surface area contributed by atoms with Crippen LogP contribution in [0.5, 0.6) is 0 Å². The predicted molar refractivity (Wildman–Crippen MR) is 78.1 cm³/mol. The van der Waals surface area contributed by atoms with Crippen LogP contribution in [0.4, 0.5) is 0 Å². The summed E-state index contributed by atoms with van der Waals surface area (Å²) in [4.78, 5) is 39.5. The van der Waals surface area contributed by atoms with E-state index in [1.807, 2.05) is 0 Å². The maximum Gasteiger partial charge on any atom is 0.339 e. The van der Waals surface area contributed by atoms with E-state index in [-0.39, 0.29) is 11.5 Å². The van der Waals surface area contributed by atoms with Gasteiger partial charge in [-0.05, 0) is 13.0 Å². The molecule has 0 fully saturated rings. The third-order valence-electron chi connectivity index (χ3n) is 3.04. The number of nitrogens with one attached hydrogen (secondary N) is 1. The molecule has 0 saturated carbocycles. The molecule has 6 nitrogen and oxygen atoms in total. The third-order valence-corrected chi connectivity index (χ3v) is 3.04. The number of amides is 1. The summed E-state index contributed by atoms with van der Waals surface area (Å²) in [6, 6.07) is 8.09. The minimum Gasteiger partial charge on any atom is -0.449 e. The molecule has 0 radical (unpaired) electrons. The van der Waals surface area contributed by atoms with E-state index in [0.29, 0.717) is 10.9 Å². The van der Waals surface area contributed by atoms with Gasteiger partial charge in [-0.15, -0.1) is 0 Å². The highest BCUT2D eigenvalue weighted by Crippen LogP contribution is 2.16. The Hall–Kier alpha value is -2.63. The molecule has 0 unspecified atom stereocenters. The number of para-hydroxylation sites is 1. The van der Waals surface area contributed by atoms with Crippen molar-refractivity contribution in [3.63, 3.8) is 0 Å². The average molecular weight is 288 g/mol. The lowest BCUT2D eigenvalue weighted by atomic mass is 10.1. The fourth-order valence-electron chi connectivity index (χ4n) is 2.01. The number of rotatable bonds is 3. The number of hydrogen-bond acceptors (Lipinski definition) is 4. The minimum absolute atomic E-state index is 0.146. The lowest BCUT2D eigenvalue weighted by molar-refractivity contribution is -0.137. The second-order valence-corrected chi connectivity index (χ2v) is 4.87. The van der Waals surface area contributed by atoms with Gasteiger partial charge in [-0.2, -0.15) is 0 Å². The number of aromatic nitrogens is 1. The summed E-state index contributed by atoms with van der Waals surface area (Å²) in [5.41, 5.74) is 0.295. The first-order valence-corrected chi connectivity index (χ1v) is 6.44. The molecule has 1 aromatic heterocycles. The van der Waals surface area contributed by atoms with E-state index < -0.39 is 17.6 Å². The summed E-state index contributed by atoms with van der Waals surface area (Å²) in [5.74, 6) is -1.02. The number of nitrogens with zero attached hydrogens (tertiary/aromatic N) is 1. The topological polar surface area (TPSA) is 79.5 Å². The average Bonchev–Trinajstić information content (AvgIpc) is 2.45. The number of carbonyl (C=O) groups is 2. The van der Waals surface area contributed by atoms with Gasteiger partial charge in [0.2, 0.25) is 5.56 Å². The first-order chi connectivity index (χ1) is 9.90. The number of carbonyl (C=O) groups excluding carboxylic acids is 2. The molecule has 110 valence electrons. The van der Waals surface area contributed by atoms with E-state index in [9.17, 15) is 14.4 Å². The summed E-state index contributed by atoms with van der Waals surface area (Å²) in [5, 5.41) is 0.576. The van der Waals surface area contributed by atoms with E-state index in [2.05, 4.69) is 4.98 Å². The SMILES string of the molecule is C[C@H](OC(=O)c1cc(=O)[nH]c2ccccc12)C(=O)N(C)C. The second-order valence-electron chi connectivity index (χ2n) is 4.87. The van der Waals surface area contributed by atoms with Crippen LogP contribution in [0, 0.1) is 0 Å². The van der Waals surface area contributed by atoms with Gasteiger partial charge in [-0.3, -0.25) is 9.59 Å².